The molecule has 0 fully saturated rings. The van der Waals surface area contributed by atoms with Gasteiger partial charge < -0.3 is 9.80 Å². The van der Waals surface area contributed by atoms with Crippen LogP contribution in [-0.2, 0) is 0 Å². The van der Waals surface area contributed by atoms with Crippen molar-refractivity contribution in [2.75, 3.05) is 16.8 Å². The quantitative estimate of drug-likeness (QED) is 0.534. The predicted molar refractivity (Wildman–Crippen MR) is 106 cm³/mol. The number of rotatable bonds is 1. The molecule has 1 aliphatic heterocycles. The summed E-state index contributed by atoms with van der Waals surface area (Å²) in [5.74, 6) is 0. The van der Waals surface area contributed by atoms with Crippen LogP contribution in [0.2, 0.25) is 0 Å². The van der Waals surface area contributed by atoms with Crippen LogP contribution in [0.4, 0.5) is 17.1 Å². The van der Waals surface area contributed by atoms with Crippen LogP contribution in [0.1, 0.15) is 26.3 Å². The highest BCUT2D eigenvalue weighted by atomic mass is 15.4. The van der Waals surface area contributed by atoms with Gasteiger partial charge in [-0.1, -0.05) is 50.2 Å². The zero-order valence-electron chi connectivity index (χ0n) is 15.2. The molecule has 0 aliphatic carbocycles. The number of hydrogen-bond donors (Lipinski definition) is 0. The standard InChI is InChI=1S/C20H20N2.C2H6/c1-14-12-16-8-4-5-9-17(16)13-20(14)22-15(2)21(3)18-10-6-7-11-19(18)22;1-2/h4-13,15H,1-3H3;1-2H3. The Labute approximate surface area is 145 Å². The van der Waals surface area contributed by atoms with Crippen LogP contribution < -0.4 is 9.80 Å². The number of anilines is 3. The van der Waals surface area contributed by atoms with Crippen LogP contribution >= 0.6 is 0 Å². The molecule has 124 valence electrons. The topological polar surface area (TPSA) is 6.48 Å². The molecule has 1 atom stereocenters. The molecule has 24 heavy (non-hydrogen) atoms. The van der Waals surface area contributed by atoms with Crippen LogP contribution in [0, 0.1) is 6.92 Å². The second-order valence-electron chi connectivity index (χ2n) is 6.09. The third-order valence-electron chi connectivity index (χ3n) is 4.78. The van der Waals surface area contributed by atoms with E-state index in [9.17, 15) is 0 Å². The Morgan fingerprint density at radius 3 is 1.96 bits per heavy atom. The molecular weight excluding hydrogens is 292 g/mol. The molecule has 4 rings (SSSR count). The van der Waals surface area contributed by atoms with E-state index in [1.807, 2.05) is 13.8 Å². The minimum atomic E-state index is 0.317. The van der Waals surface area contributed by atoms with Crippen molar-refractivity contribution in [1.82, 2.24) is 0 Å². The Hall–Kier alpha value is -2.48. The smallest absolute Gasteiger partial charge is 0.103 e. The van der Waals surface area contributed by atoms with Crippen molar-refractivity contribution in [3.05, 3.63) is 66.2 Å². The van der Waals surface area contributed by atoms with Gasteiger partial charge in [-0.3, -0.25) is 0 Å². The summed E-state index contributed by atoms with van der Waals surface area (Å²) in [5.41, 5.74) is 5.19. The van der Waals surface area contributed by atoms with Gasteiger partial charge in [-0.15, -0.1) is 0 Å². The lowest BCUT2D eigenvalue weighted by Gasteiger charge is -2.29. The monoisotopic (exact) mass is 318 g/mol. The molecule has 1 heterocycles. The van der Waals surface area contributed by atoms with Crippen molar-refractivity contribution >= 4 is 27.8 Å². The average Bonchev–Trinajstić information content (AvgIpc) is 2.88. The van der Waals surface area contributed by atoms with Gasteiger partial charge in [0.15, 0.2) is 0 Å². The molecule has 0 bridgehead atoms. The second-order valence-corrected chi connectivity index (χ2v) is 6.09. The molecule has 0 radical (unpaired) electrons. The molecule has 0 saturated carbocycles. The zero-order valence-corrected chi connectivity index (χ0v) is 15.2. The summed E-state index contributed by atoms with van der Waals surface area (Å²) in [5, 5.41) is 2.60. The Morgan fingerprint density at radius 1 is 0.750 bits per heavy atom. The summed E-state index contributed by atoms with van der Waals surface area (Å²) < 4.78 is 0. The van der Waals surface area contributed by atoms with Crippen molar-refractivity contribution in [3.63, 3.8) is 0 Å². The second kappa shape index (κ2) is 6.56. The van der Waals surface area contributed by atoms with Gasteiger partial charge in [0.2, 0.25) is 0 Å². The maximum absolute atomic E-state index is 2.44. The summed E-state index contributed by atoms with van der Waals surface area (Å²) in [4.78, 5) is 4.78. The van der Waals surface area contributed by atoms with Gasteiger partial charge in [0, 0.05) is 12.7 Å². The fraction of sp³-hybridized carbons (Fsp3) is 0.273. The molecule has 0 aromatic heterocycles. The summed E-state index contributed by atoms with van der Waals surface area (Å²) in [6, 6.07) is 21.8. The van der Waals surface area contributed by atoms with Gasteiger partial charge in [-0.25, -0.2) is 0 Å². The van der Waals surface area contributed by atoms with Gasteiger partial charge in [-0.05, 0) is 54.4 Å². The average molecular weight is 318 g/mol. The van der Waals surface area contributed by atoms with E-state index < -0.39 is 0 Å². The van der Waals surface area contributed by atoms with Crippen LogP contribution in [0.5, 0.6) is 0 Å². The van der Waals surface area contributed by atoms with Crippen molar-refractivity contribution in [2.24, 2.45) is 0 Å². The van der Waals surface area contributed by atoms with Crippen LogP contribution in [0.15, 0.2) is 60.7 Å². The molecule has 0 N–H and O–H groups in total. The number of para-hydroxylation sites is 2. The highest BCUT2D eigenvalue weighted by Gasteiger charge is 2.31. The Balaban J connectivity index is 0.000000815. The van der Waals surface area contributed by atoms with E-state index in [4.69, 9.17) is 0 Å². The van der Waals surface area contributed by atoms with E-state index in [1.54, 1.807) is 0 Å². The van der Waals surface area contributed by atoms with Crippen LogP contribution in [-0.4, -0.2) is 13.2 Å². The fourth-order valence-electron chi connectivity index (χ4n) is 3.47. The minimum Gasteiger partial charge on any atom is -0.353 e. The number of hydrogen-bond acceptors (Lipinski definition) is 2. The lowest BCUT2D eigenvalue weighted by Crippen LogP contribution is -2.35. The Bertz CT molecular complexity index is 853. The molecule has 3 aromatic rings. The molecule has 1 aliphatic rings. The van der Waals surface area contributed by atoms with Gasteiger partial charge in [0.05, 0.1) is 11.4 Å². The van der Waals surface area contributed by atoms with Gasteiger partial charge in [-0.2, -0.15) is 0 Å². The predicted octanol–water partition coefficient (Wildman–Crippen LogP) is 6.11. The van der Waals surface area contributed by atoms with Crippen molar-refractivity contribution in [1.29, 1.82) is 0 Å². The van der Waals surface area contributed by atoms with Gasteiger partial charge >= 0.3 is 0 Å². The Kier molecular flexibility index (Phi) is 4.48. The van der Waals surface area contributed by atoms with E-state index in [1.165, 1.54) is 33.4 Å². The van der Waals surface area contributed by atoms with Crippen molar-refractivity contribution < 1.29 is 0 Å². The summed E-state index contributed by atoms with van der Waals surface area (Å²) in [6.07, 6.45) is 0.317. The van der Waals surface area contributed by atoms with Crippen molar-refractivity contribution in [3.8, 4) is 0 Å². The number of aryl methyl sites for hydroxylation is 1. The molecule has 0 spiro atoms. The van der Waals surface area contributed by atoms with E-state index in [0.29, 0.717) is 6.17 Å². The minimum absolute atomic E-state index is 0.317. The van der Waals surface area contributed by atoms with E-state index in [2.05, 4.69) is 91.4 Å². The summed E-state index contributed by atoms with van der Waals surface area (Å²) in [7, 11) is 2.17. The maximum atomic E-state index is 2.44. The highest BCUT2D eigenvalue weighted by molar-refractivity contribution is 5.91. The lowest BCUT2D eigenvalue weighted by molar-refractivity contribution is 0.733. The fourth-order valence-corrected chi connectivity index (χ4v) is 3.47. The van der Waals surface area contributed by atoms with E-state index >= 15 is 0 Å². The van der Waals surface area contributed by atoms with Crippen molar-refractivity contribution in [2.45, 2.75) is 33.9 Å². The van der Waals surface area contributed by atoms with E-state index in [0.717, 1.165) is 0 Å². The number of benzene rings is 3. The van der Waals surface area contributed by atoms with Crippen LogP contribution in [0.25, 0.3) is 10.8 Å². The molecular formula is C22H26N2. The lowest BCUT2D eigenvalue weighted by atomic mass is 10.0. The SMILES string of the molecule is CC.Cc1cc2ccccc2cc1N1c2ccccc2N(C)C1C. The zero-order chi connectivity index (χ0) is 17.3. The van der Waals surface area contributed by atoms with Gasteiger partial charge in [0.1, 0.15) is 6.17 Å². The first-order chi connectivity index (χ1) is 11.7. The largest absolute Gasteiger partial charge is 0.353 e. The number of nitrogens with zero attached hydrogens (tertiary/aromatic N) is 2. The summed E-state index contributed by atoms with van der Waals surface area (Å²) in [6.45, 7) is 8.46. The normalized spacial score (nSPS) is 16.0. The number of fused-ring (bicyclic) bond motifs is 2. The molecule has 3 aromatic carbocycles. The molecule has 1 unspecified atom stereocenters. The first kappa shape index (κ1) is 16.4. The third kappa shape index (κ3) is 2.52. The maximum Gasteiger partial charge on any atom is 0.103 e. The molecule has 2 heteroatoms. The summed E-state index contributed by atoms with van der Waals surface area (Å²) >= 11 is 0. The highest BCUT2D eigenvalue weighted by Crippen LogP contribution is 2.44. The third-order valence-corrected chi connectivity index (χ3v) is 4.78. The Morgan fingerprint density at radius 2 is 1.29 bits per heavy atom. The first-order valence-electron chi connectivity index (χ1n) is 8.77. The van der Waals surface area contributed by atoms with Gasteiger partial charge in [0.25, 0.3) is 0 Å². The van der Waals surface area contributed by atoms with E-state index in [-0.39, 0.29) is 0 Å². The molecule has 0 amide bonds. The first-order valence-corrected chi connectivity index (χ1v) is 8.77. The molecule has 2 nitrogen and oxygen atoms in total. The molecule has 0 saturated heterocycles. The van der Waals surface area contributed by atoms with Crippen LogP contribution in [0.3, 0.4) is 0 Å².